The Morgan fingerprint density at radius 3 is 2.65 bits per heavy atom. The summed E-state index contributed by atoms with van der Waals surface area (Å²) in [5.41, 5.74) is 5.45. The first-order valence-corrected chi connectivity index (χ1v) is 4.63. The maximum Gasteiger partial charge on any atom is 0.272 e. The van der Waals surface area contributed by atoms with Crippen molar-refractivity contribution in [2.75, 3.05) is 18.5 Å². The number of hydrogen-bond acceptors (Lipinski definition) is 3. The van der Waals surface area contributed by atoms with Gasteiger partial charge in [-0.15, -0.1) is 12.4 Å². The fourth-order valence-electron chi connectivity index (χ4n) is 1.05. The van der Waals surface area contributed by atoms with E-state index in [4.69, 9.17) is 10.5 Å². The Bertz CT molecular complexity index is 364. The van der Waals surface area contributed by atoms with Crippen LogP contribution in [0.4, 0.5) is 14.5 Å². The van der Waals surface area contributed by atoms with E-state index < -0.39 is 18.9 Å². The molecule has 0 aliphatic carbocycles. The number of alkyl halides is 2. The predicted molar refractivity (Wildman–Crippen MR) is 62.9 cm³/mol. The van der Waals surface area contributed by atoms with E-state index >= 15 is 0 Å². The van der Waals surface area contributed by atoms with E-state index in [2.05, 4.69) is 5.32 Å². The molecule has 0 unspecified atom stereocenters. The van der Waals surface area contributed by atoms with Crippen molar-refractivity contribution in [1.29, 1.82) is 0 Å². The van der Waals surface area contributed by atoms with Gasteiger partial charge in [0.2, 0.25) is 5.91 Å². The number of anilines is 1. The fourth-order valence-corrected chi connectivity index (χ4v) is 1.05. The number of carbonyl (C=O) groups is 1. The minimum Gasteiger partial charge on any atom is -0.485 e. The molecule has 0 heterocycles. The average Bonchev–Trinajstić information content (AvgIpc) is 2.27. The van der Waals surface area contributed by atoms with E-state index in [1.54, 1.807) is 18.2 Å². The van der Waals surface area contributed by atoms with Crippen LogP contribution in [-0.4, -0.2) is 25.5 Å². The molecule has 1 rings (SSSR count). The Morgan fingerprint density at radius 2 is 2.06 bits per heavy atom. The number of nitrogens with two attached hydrogens (primary N) is 1. The number of para-hydroxylation sites is 2. The van der Waals surface area contributed by atoms with Crippen molar-refractivity contribution in [2.24, 2.45) is 5.73 Å². The summed E-state index contributed by atoms with van der Waals surface area (Å²) in [5.74, 6) is -0.210. The van der Waals surface area contributed by atoms with Gasteiger partial charge in [-0.05, 0) is 12.1 Å². The van der Waals surface area contributed by atoms with Gasteiger partial charge in [0.05, 0.1) is 12.2 Å². The number of rotatable bonds is 5. The molecule has 0 saturated carbocycles. The van der Waals surface area contributed by atoms with Crippen molar-refractivity contribution in [3.63, 3.8) is 0 Å². The van der Waals surface area contributed by atoms with Crippen molar-refractivity contribution in [3.8, 4) is 5.75 Å². The third-order valence-electron chi connectivity index (χ3n) is 1.71. The largest absolute Gasteiger partial charge is 0.485 e. The summed E-state index contributed by atoms with van der Waals surface area (Å²) in [6, 6.07) is 6.32. The second-order valence-electron chi connectivity index (χ2n) is 2.95. The van der Waals surface area contributed by atoms with Gasteiger partial charge < -0.3 is 15.8 Å². The highest BCUT2D eigenvalue weighted by molar-refractivity contribution is 5.93. The van der Waals surface area contributed by atoms with Gasteiger partial charge in [-0.3, -0.25) is 4.79 Å². The molecular formula is C10H13ClF2N2O2. The topological polar surface area (TPSA) is 64.4 Å². The highest BCUT2D eigenvalue weighted by atomic mass is 35.5. The zero-order valence-electron chi connectivity index (χ0n) is 8.86. The van der Waals surface area contributed by atoms with E-state index in [0.717, 1.165) is 0 Å². The van der Waals surface area contributed by atoms with Gasteiger partial charge in [0, 0.05) is 0 Å². The summed E-state index contributed by atoms with van der Waals surface area (Å²) >= 11 is 0. The molecule has 0 aliphatic heterocycles. The summed E-state index contributed by atoms with van der Waals surface area (Å²) in [6.45, 7) is -0.890. The van der Waals surface area contributed by atoms with Gasteiger partial charge in [-0.25, -0.2) is 8.78 Å². The van der Waals surface area contributed by atoms with Crippen LogP contribution in [-0.2, 0) is 4.79 Å². The van der Waals surface area contributed by atoms with Crippen molar-refractivity contribution in [2.45, 2.75) is 6.43 Å². The van der Waals surface area contributed by atoms with Gasteiger partial charge >= 0.3 is 0 Å². The average molecular weight is 267 g/mol. The van der Waals surface area contributed by atoms with E-state index in [-0.39, 0.29) is 24.7 Å². The Labute approximate surface area is 104 Å². The highest BCUT2D eigenvalue weighted by Crippen LogP contribution is 2.23. The first-order valence-electron chi connectivity index (χ1n) is 4.63. The zero-order valence-corrected chi connectivity index (χ0v) is 9.68. The molecule has 1 aromatic carbocycles. The van der Waals surface area contributed by atoms with Crippen LogP contribution in [0.2, 0.25) is 0 Å². The Hall–Kier alpha value is -1.40. The lowest BCUT2D eigenvalue weighted by atomic mass is 10.3. The molecule has 0 atom stereocenters. The minimum absolute atomic E-state index is 0. The van der Waals surface area contributed by atoms with Crippen molar-refractivity contribution >= 4 is 24.0 Å². The molecule has 4 nitrogen and oxygen atoms in total. The summed E-state index contributed by atoms with van der Waals surface area (Å²) in [6.07, 6.45) is -2.56. The van der Waals surface area contributed by atoms with Gasteiger partial charge in [-0.1, -0.05) is 12.1 Å². The molecule has 17 heavy (non-hydrogen) atoms. The van der Waals surface area contributed by atoms with Crippen LogP contribution in [0, 0.1) is 0 Å². The van der Waals surface area contributed by atoms with Crippen LogP contribution in [0.5, 0.6) is 5.75 Å². The zero-order chi connectivity index (χ0) is 12.0. The molecule has 0 bridgehead atoms. The molecule has 0 fully saturated rings. The number of ether oxygens (including phenoxy) is 1. The number of amides is 1. The second kappa shape index (κ2) is 7.81. The number of carbonyl (C=O) groups excluding carboxylic acids is 1. The minimum atomic E-state index is -2.56. The first kappa shape index (κ1) is 15.6. The van der Waals surface area contributed by atoms with Gasteiger partial charge in [0.15, 0.2) is 0 Å². The molecule has 7 heteroatoms. The third kappa shape index (κ3) is 5.46. The lowest BCUT2D eigenvalue weighted by Crippen LogP contribution is -2.22. The van der Waals surface area contributed by atoms with Crippen molar-refractivity contribution < 1.29 is 18.3 Å². The summed E-state index contributed by atoms with van der Waals surface area (Å²) in [4.78, 5) is 11.0. The monoisotopic (exact) mass is 266 g/mol. The van der Waals surface area contributed by atoms with Crippen LogP contribution in [0.1, 0.15) is 0 Å². The van der Waals surface area contributed by atoms with Crippen molar-refractivity contribution in [3.05, 3.63) is 24.3 Å². The smallest absolute Gasteiger partial charge is 0.272 e. The Morgan fingerprint density at radius 1 is 1.41 bits per heavy atom. The van der Waals surface area contributed by atoms with Gasteiger partial charge in [0.1, 0.15) is 12.4 Å². The molecule has 0 spiro atoms. The van der Waals surface area contributed by atoms with Crippen LogP contribution >= 0.6 is 12.4 Å². The van der Waals surface area contributed by atoms with E-state index in [1.165, 1.54) is 6.07 Å². The highest BCUT2D eigenvalue weighted by Gasteiger charge is 2.08. The molecule has 1 amide bonds. The number of hydrogen-bond donors (Lipinski definition) is 2. The van der Waals surface area contributed by atoms with Crippen LogP contribution in [0.25, 0.3) is 0 Å². The van der Waals surface area contributed by atoms with Crippen LogP contribution in [0.3, 0.4) is 0 Å². The quantitative estimate of drug-likeness (QED) is 0.852. The molecule has 0 aromatic heterocycles. The van der Waals surface area contributed by atoms with Gasteiger partial charge in [-0.2, -0.15) is 0 Å². The molecule has 96 valence electrons. The van der Waals surface area contributed by atoms with Gasteiger partial charge in [0.25, 0.3) is 6.43 Å². The molecule has 0 radical (unpaired) electrons. The normalized spacial score (nSPS) is 9.65. The second-order valence-corrected chi connectivity index (χ2v) is 2.95. The molecule has 0 aliphatic rings. The Balaban J connectivity index is 0.00000256. The Kier molecular flexibility index (Phi) is 7.16. The van der Waals surface area contributed by atoms with Crippen LogP contribution in [0.15, 0.2) is 24.3 Å². The number of nitrogens with one attached hydrogen (secondary N) is 1. The van der Waals surface area contributed by atoms with E-state index in [1.807, 2.05) is 0 Å². The SMILES string of the molecule is Cl.NCC(=O)Nc1ccccc1OCC(F)F. The number of benzene rings is 1. The molecule has 0 saturated heterocycles. The predicted octanol–water partition coefficient (Wildman–Crippen LogP) is 1.65. The lowest BCUT2D eigenvalue weighted by molar-refractivity contribution is -0.114. The third-order valence-corrected chi connectivity index (χ3v) is 1.71. The summed E-state index contributed by atoms with van der Waals surface area (Å²) in [5, 5.41) is 2.45. The maximum atomic E-state index is 11.9. The molecule has 3 N–H and O–H groups in total. The maximum absolute atomic E-state index is 11.9. The van der Waals surface area contributed by atoms with E-state index in [9.17, 15) is 13.6 Å². The van der Waals surface area contributed by atoms with E-state index in [0.29, 0.717) is 5.69 Å². The van der Waals surface area contributed by atoms with Crippen molar-refractivity contribution in [1.82, 2.24) is 0 Å². The standard InChI is InChI=1S/C10H12F2N2O2.ClH/c11-9(12)6-16-8-4-2-1-3-7(8)14-10(15)5-13;/h1-4,9H,5-6,13H2,(H,14,15);1H. The summed E-state index contributed by atoms with van der Waals surface area (Å²) < 4.78 is 28.7. The molecule has 1 aromatic rings. The number of halogens is 3. The molecular weight excluding hydrogens is 254 g/mol. The first-order chi connectivity index (χ1) is 7.63. The van der Waals surface area contributed by atoms with Crippen LogP contribution < -0.4 is 15.8 Å². The summed E-state index contributed by atoms with van der Waals surface area (Å²) in [7, 11) is 0. The lowest BCUT2D eigenvalue weighted by Gasteiger charge is -2.11. The fraction of sp³-hybridized carbons (Fsp3) is 0.300.